The van der Waals surface area contributed by atoms with Crippen LogP contribution < -0.4 is 5.32 Å². The molecule has 0 aliphatic heterocycles. The smallest absolute Gasteiger partial charge is 0.0897 e. The highest BCUT2D eigenvalue weighted by Gasteiger charge is 2.22. The van der Waals surface area contributed by atoms with E-state index in [1.807, 2.05) is 0 Å². The summed E-state index contributed by atoms with van der Waals surface area (Å²) in [5.41, 5.74) is 0. The van der Waals surface area contributed by atoms with Gasteiger partial charge >= 0.3 is 0 Å². The number of halogens is 1. The topological polar surface area (TPSA) is 41.5 Å². The maximum atomic E-state index is 9.96. The first-order chi connectivity index (χ1) is 9.65. The monoisotopic (exact) mass is 361 g/mol. The minimum atomic E-state index is -0.424. The Labute approximate surface area is 133 Å². The predicted octanol–water partition coefficient (Wildman–Crippen LogP) is 3.56. The average molecular weight is 362 g/mol. The van der Waals surface area contributed by atoms with E-state index in [0.717, 1.165) is 17.4 Å². The minimum absolute atomic E-state index is 0.339. The van der Waals surface area contributed by atoms with Crippen LogP contribution in [0.5, 0.6) is 0 Å². The van der Waals surface area contributed by atoms with E-state index in [0.29, 0.717) is 25.2 Å². The summed E-state index contributed by atoms with van der Waals surface area (Å²) in [4.78, 5) is 1.27. The number of aliphatic hydroxyl groups is 1. The van der Waals surface area contributed by atoms with E-state index in [2.05, 4.69) is 39.6 Å². The molecule has 5 heteroatoms. The zero-order valence-corrected chi connectivity index (χ0v) is 14.4. The zero-order chi connectivity index (χ0) is 14.4. The lowest BCUT2D eigenvalue weighted by Gasteiger charge is -2.29. The second kappa shape index (κ2) is 8.49. The van der Waals surface area contributed by atoms with E-state index < -0.39 is 6.10 Å². The maximum Gasteiger partial charge on any atom is 0.0897 e. The maximum absolute atomic E-state index is 9.96. The van der Waals surface area contributed by atoms with Crippen molar-refractivity contribution in [3.8, 4) is 0 Å². The molecule has 0 spiro atoms. The molecule has 1 aromatic rings. The minimum Gasteiger partial charge on any atom is -0.389 e. The Balaban J connectivity index is 1.59. The molecular formula is C15H24BrNO2S. The normalized spacial score (nSPS) is 24.8. The molecule has 1 saturated carbocycles. The summed E-state index contributed by atoms with van der Waals surface area (Å²) in [6, 6.07) is 2.10. The largest absolute Gasteiger partial charge is 0.389 e. The van der Waals surface area contributed by atoms with Crippen LogP contribution in [0.3, 0.4) is 0 Å². The molecule has 0 aromatic carbocycles. The van der Waals surface area contributed by atoms with Crippen molar-refractivity contribution in [3.05, 3.63) is 20.8 Å². The summed E-state index contributed by atoms with van der Waals surface area (Å²) in [5, 5.41) is 15.3. The van der Waals surface area contributed by atoms with E-state index in [9.17, 15) is 5.11 Å². The van der Waals surface area contributed by atoms with Gasteiger partial charge in [-0.05, 0) is 40.8 Å². The van der Waals surface area contributed by atoms with Gasteiger partial charge in [0.05, 0.1) is 18.8 Å². The molecule has 1 fully saturated rings. The second-order valence-electron chi connectivity index (χ2n) is 5.65. The third-order valence-electron chi connectivity index (χ3n) is 3.84. The van der Waals surface area contributed by atoms with Crippen LogP contribution in [0.4, 0.5) is 0 Å². The van der Waals surface area contributed by atoms with Gasteiger partial charge in [-0.25, -0.2) is 0 Å². The van der Waals surface area contributed by atoms with Crippen molar-refractivity contribution < 1.29 is 9.84 Å². The lowest BCUT2D eigenvalue weighted by Crippen LogP contribution is -2.34. The fourth-order valence-electron chi connectivity index (χ4n) is 2.63. The fraction of sp³-hybridized carbons (Fsp3) is 0.733. The van der Waals surface area contributed by atoms with Crippen molar-refractivity contribution in [3.63, 3.8) is 0 Å². The van der Waals surface area contributed by atoms with Crippen molar-refractivity contribution in [2.45, 2.75) is 51.4 Å². The Bertz CT molecular complexity index is 399. The van der Waals surface area contributed by atoms with Crippen LogP contribution in [0.15, 0.2) is 15.9 Å². The number of nitrogens with one attached hydrogen (secondary N) is 1. The van der Waals surface area contributed by atoms with Crippen molar-refractivity contribution >= 4 is 27.3 Å². The summed E-state index contributed by atoms with van der Waals surface area (Å²) >= 11 is 5.16. The third-order valence-corrected chi connectivity index (χ3v) is 5.53. The van der Waals surface area contributed by atoms with Crippen LogP contribution in [0, 0.1) is 5.92 Å². The Morgan fingerprint density at radius 3 is 3.00 bits per heavy atom. The standard InChI is InChI=1S/C15H24BrNO2S/c1-11-4-2-3-5-15(11)19-9-13(18)7-17-8-14-6-12(16)10-20-14/h6,10-11,13,15,17-18H,2-5,7-9H2,1H3. The SMILES string of the molecule is CC1CCCCC1OCC(O)CNCc1cc(Br)cs1. The van der Waals surface area contributed by atoms with Crippen molar-refractivity contribution in [1.82, 2.24) is 5.32 Å². The molecule has 1 aliphatic rings. The number of hydrogen-bond acceptors (Lipinski definition) is 4. The highest BCUT2D eigenvalue weighted by molar-refractivity contribution is 9.10. The van der Waals surface area contributed by atoms with Gasteiger partial charge in [0.15, 0.2) is 0 Å². The van der Waals surface area contributed by atoms with Crippen LogP contribution in [0.1, 0.15) is 37.5 Å². The van der Waals surface area contributed by atoms with E-state index in [-0.39, 0.29) is 0 Å². The molecule has 0 radical (unpaired) electrons. The first-order valence-electron chi connectivity index (χ1n) is 7.38. The molecule has 0 saturated heterocycles. The molecule has 3 nitrogen and oxygen atoms in total. The van der Waals surface area contributed by atoms with Gasteiger partial charge in [0.1, 0.15) is 0 Å². The van der Waals surface area contributed by atoms with Crippen LogP contribution in [-0.4, -0.2) is 30.5 Å². The Hall–Kier alpha value is 0.0600. The highest BCUT2D eigenvalue weighted by atomic mass is 79.9. The molecule has 2 rings (SSSR count). The summed E-state index contributed by atoms with van der Waals surface area (Å²) < 4.78 is 6.99. The van der Waals surface area contributed by atoms with Gasteiger partial charge in [0.25, 0.3) is 0 Å². The number of aliphatic hydroxyl groups excluding tert-OH is 1. The Kier molecular flexibility index (Phi) is 6.97. The summed E-state index contributed by atoms with van der Waals surface area (Å²) in [6.45, 7) is 4.07. The van der Waals surface area contributed by atoms with Crippen molar-refractivity contribution in [2.24, 2.45) is 5.92 Å². The van der Waals surface area contributed by atoms with Crippen LogP contribution >= 0.6 is 27.3 Å². The quantitative estimate of drug-likeness (QED) is 0.779. The highest BCUT2D eigenvalue weighted by Crippen LogP contribution is 2.26. The molecule has 2 N–H and O–H groups in total. The molecule has 20 heavy (non-hydrogen) atoms. The van der Waals surface area contributed by atoms with Gasteiger partial charge in [-0.2, -0.15) is 0 Å². The summed E-state index contributed by atoms with van der Waals surface area (Å²) in [6.07, 6.45) is 4.90. The molecular weight excluding hydrogens is 338 g/mol. The third kappa shape index (κ3) is 5.45. The first-order valence-corrected chi connectivity index (χ1v) is 9.05. The van der Waals surface area contributed by atoms with E-state index in [4.69, 9.17) is 4.74 Å². The zero-order valence-electron chi connectivity index (χ0n) is 12.0. The molecule has 0 amide bonds. The van der Waals surface area contributed by atoms with Gasteiger partial charge in [-0.3, -0.25) is 0 Å². The molecule has 1 aliphatic carbocycles. The summed E-state index contributed by atoms with van der Waals surface area (Å²) in [5.74, 6) is 0.632. The van der Waals surface area contributed by atoms with Gasteiger partial charge in [0.2, 0.25) is 0 Å². The molecule has 1 aromatic heterocycles. The fourth-order valence-corrected chi connectivity index (χ4v) is 4.05. The first kappa shape index (κ1) is 16.4. The number of rotatable bonds is 7. The van der Waals surface area contributed by atoms with Gasteiger partial charge < -0.3 is 15.2 Å². The molecule has 1 heterocycles. The Morgan fingerprint density at radius 2 is 2.30 bits per heavy atom. The van der Waals surface area contributed by atoms with Crippen LogP contribution in [-0.2, 0) is 11.3 Å². The van der Waals surface area contributed by atoms with Gasteiger partial charge in [0, 0.05) is 27.8 Å². The number of thiophene rings is 1. The van der Waals surface area contributed by atoms with Crippen LogP contribution in [0.2, 0.25) is 0 Å². The van der Waals surface area contributed by atoms with Crippen molar-refractivity contribution in [1.29, 1.82) is 0 Å². The lowest BCUT2D eigenvalue weighted by atomic mass is 9.88. The predicted molar refractivity (Wildman–Crippen MR) is 87.1 cm³/mol. The molecule has 3 unspecified atom stereocenters. The lowest BCUT2D eigenvalue weighted by molar-refractivity contribution is -0.0451. The summed E-state index contributed by atoms with van der Waals surface area (Å²) in [7, 11) is 0. The molecule has 0 bridgehead atoms. The number of ether oxygens (including phenoxy) is 1. The second-order valence-corrected chi connectivity index (χ2v) is 7.56. The van der Waals surface area contributed by atoms with E-state index >= 15 is 0 Å². The van der Waals surface area contributed by atoms with Gasteiger partial charge in [-0.1, -0.05) is 19.8 Å². The van der Waals surface area contributed by atoms with Crippen LogP contribution in [0.25, 0.3) is 0 Å². The molecule has 114 valence electrons. The van der Waals surface area contributed by atoms with E-state index in [1.165, 1.54) is 24.1 Å². The average Bonchev–Trinajstić information content (AvgIpc) is 2.83. The van der Waals surface area contributed by atoms with Gasteiger partial charge in [-0.15, -0.1) is 11.3 Å². The number of hydrogen-bond donors (Lipinski definition) is 2. The van der Waals surface area contributed by atoms with E-state index in [1.54, 1.807) is 11.3 Å². The molecule has 3 atom stereocenters. The Morgan fingerprint density at radius 1 is 1.50 bits per heavy atom. The van der Waals surface area contributed by atoms with Crippen molar-refractivity contribution in [2.75, 3.05) is 13.2 Å².